The average Bonchev–Trinajstić information content (AvgIpc) is 2.30. The van der Waals surface area contributed by atoms with E-state index in [1.807, 2.05) is 12.1 Å². The number of hydrogen-bond acceptors (Lipinski definition) is 2. The van der Waals surface area contributed by atoms with Crippen LogP contribution >= 0.6 is 11.6 Å². The SMILES string of the molecule is OC(Cc1ccccn1)c1ccc(F)cc1Cl. The van der Waals surface area contributed by atoms with E-state index in [0.717, 1.165) is 5.69 Å². The third kappa shape index (κ3) is 3.02. The van der Waals surface area contributed by atoms with Crippen molar-refractivity contribution in [3.8, 4) is 0 Å². The molecule has 88 valence electrons. The van der Waals surface area contributed by atoms with E-state index >= 15 is 0 Å². The highest BCUT2D eigenvalue weighted by atomic mass is 35.5. The predicted octanol–water partition coefficient (Wildman–Crippen LogP) is 3.15. The summed E-state index contributed by atoms with van der Waals surface area (Å²) in [6, 6.07) is 9.44. The molecule has 2 nitrogen and oxygen atoms in total. The molecule has 0 aliphatic rings. The minimum atomic E-state index is -0.780. The van der Waals surface area contributed by atoms with Gasteiger partial charge in [0.05, 0.1) is 6.10 Å². The second kappa shape index (κ2) is 5.25. The number of nitrogens with zero attached hydrogens (tertiary/aromatic N) is 1. The number of rotatable bonds is 3. The lowest BCUT2D eigenvalue weighted by Gasteiger charge is -2.12. The van der Waals surface area contributed by atoms with Gasteiger partial charge < -0.3 is 5.11 Å². The van der Waals surface area contributed by atoms with Crippen LogP contribution in [-0.4, -0.2) is 10.1 Å². The first kappa shape index (κ1) is 12.0. The first-order valence-corrected chi connectivity index (χ1v) is 5.57. The molecule has 0 bridgehead atoms. The van der Waals surface area contributed by atoms with Crippen LogP contribution in [-0.2, 0) is 6.42 Å². The zero-order chi connectivity index (χ0) is 12.3. The summed E-state index contributed by atoms with van der Waals surface area (Å²) < 4.78 is 12.9. The summed E-state index contributed by atoms with van der Waals surface area (Å²) >= 11 is 5.87. The van der Waals surface area contributed by atoms with Gasteiger partial charge in [0.15, 0.2) is 0 Å². The van der Waals surface area contributed by atoms with E-state index in [1.165, 1.54) is 18.2 Å². The van der Waals surface area contributed by atoms with Crippen LogP contribution in [0.5, 0.6) is 0 Å². The maximum Gasteiger partial charge on any atom is 0.124 e. The molecule has 17 heavy (non-hydrogen) atoms. The summed E-state index contributed by atoms with van der Waals surface area (Å²) in [5.41, 5.74) is 1.28. The topological polar surface area (TPSA) is 33.1 Å². The highest BCUT2D eigenvalue weighted by Crippen LogP contribution is 2.25. The smallest absolute Gasteiger partial charge is 0.124 e. The van der Waals surface area contributed by atoms with Gasteiger partial charge >= 0.3 is 0 Å². The fourth-order valence-electron chi connectivity index (χ4n) is 1.60. The average molecular weight is 252 g/mol. The zero-order valence-electron chi connectivity index (χ0n) is 8.98. The molecule has 1 aromatic heterocycles. The Morgan fingerprint density at radius 3 is 2.76 bits per heavy atom. The summed E-state index contributed by atoms with van der Waals surface area (Å²) in [4.78, 5) is 4.11. The molecule has 1 N–H and O–H groups in total. The van der Waals surface area contributed by atoms with E-state index in [9.17, 15) is 9.50 Å². The van der Waals surface area contributed by atoms with Gasteiger partial charge in [0.1, 0.15) is 5.82 Å². The summed E-state index contributed by atoms with van der Waals surface area (Å²) in [5.74, 6) is -0.413. The summed E-state index contributed by atoms with van der Waals surface area (Å²) in [5, 5.41) is 10.2. The molecule has 0 saturated heterocycles. The van der Waals surface area contributed by atoms with Crippen LogP contribution in [0, 0.1) is 5.82 Å². The van der Waals surface area contributed by atoms with Crippen LogP contribution in [0.4, 0.5) is 4.39 Å². The molecule has 2 rings (SSSR count). The maximum atomic E-state index is 12.9. The van der Waals surface area contributed by atoms with Crippen molar-refractivity contribution in [2.24, 2.45) is 0 Å². The van der Waals surface area contributed by atoms with Gasteiger partial charge in [-0.25, -0.2) is 4.39 Å². The van der Waals surface area contributed by atoms with Crippen molar-refractivity contribution in [3.05, 3.63) is 64.7 Å². The lowest BCUT2D eigenvalue weighted by Crippen LogP contribution is -2.04. The Hall–Kier alpha value is -1.45. The number of aliphatic hydroxyl groups is 1. The molecular weight excluding hydrogens is 241 g/mol. The highest BCUT2D eigenvalue weighted by Gasteiger charge is 2.13. The van der Waals surface area contributed by atoms with E-state index in [4.69, 9.17) is 11.6 Å². The lowest BCUT2D eigenvalue weighted by molar-refractivity contribution is 0.177. The fraction of sp³-hybridized carbons (Fsp3) is 0.154. The van der Waals surface area contributed by atoms with Gasteiger partial charge in [-0.2, -0.15) is 0 Å². The molecular formula is C13H11ClFNO. The quantitative estimate of drug-likeness (QED) is 0.909. The standard InChI is InChI=1S/C13H11ClFNO/c14-12-7-9(15)4-5-11(12)13(17)8-10-3-1-2-6-16-10/h1-7,13,17H,8H2. The van der Waals surface area contributed by atoms with Gasteiger partial charge in [0, 0.05) is 23.3 Å². The third-order valence-electron chi connectivity index (χ3n) is 2.45. The molecule has 0 fully saturated rings. The lowest BCUT2D eigenvalue weighted by atomic mass is 10.0. The number of pyridine rings is 1. The molecule has 0 radical (unpaired) electrons. The van der Waals surface area contributed by atoms with E-state index < -0.39 is 11.9 Å². The van der Waals surface area contributed by atoms with Gasteiger partial charge in [0.25, 0.3) is 0 Å². The minimum absolute atomic E-state index is 0.230. The van der Waals surface area contributed by atoms with Crippen LogP contribution in [0.3, 0.4) is 0 Å². The van der Waals surface area contributed by atoms with Crippen molar-refractivity contribution in [1.82, 2.24) is 4.98 Å². The Morgan fingerprint density at radius 1 is 1.29 bits per heavy atom. The first-order valence-electron chi connectivity index (χ1n) is 5.20. The number of aromatic nitrogens is 1. The maximum absolute atomic E-state index is 12.9. The van der Waals surface area contributed by atoms with E-state index in [1.54, 1.807) is 12.3 Å². The highest BCUT2D eigenvalue weighted by molar-refractivity contribution is 6.31. The predicted molar refractivity (Wildman–Crippen MR) is 64.3 cm³/mol. The molecule has 1 heterocycles. The van der Waals surface area contributed by atoms with Crippen molar-refractivity contribution in [2.45, 2.75) is 12.5 Å². The second-order valence-electron chi connectivity index (χ2n) is 3.71. The zero-order valence-corrected chi connectivity index (χ0v) is 9.73. The Labute approximate surface area is 104 Å². The first-order chi connectivity index (χ1) is 8.16. The van der Waals surface area contributed by atoms with E-state index in [-0.39, 0.29) is 5.02 Å². The number of hydrogen-bond donors (Lipinski definition) is 1. The normalized spacial score (nSPS) is 12.4. The number of aliphatic hydroxyl groups excluding tert-OH is 1. The molecule has 0 saturated carbocycles. The Morgan fingerprint density at radius 2 is 2.12 bits per heavy atom. The molecule has 0 aliphatic carbocycles. The van der Waals surface area contributed by atoms with E-state index in [2.05, 4.69) is 4.98 Å². The van der Waals surface area contributed by atoms with Crippen molar-refractivity contribution >= 4 is 11.6 Å². The number of benzene rings is 1. The summed E-state index contributed by atoms with van der Waals surface area (Å²) in [6.45, 7) is 0. The molecule has 0 spiro atoms. The van der Waals surface area contributed by atoms with Crippen LogP contribution in [0.25, 0.3) is 0 Å². The van der Waals surface area contributed by atoms with Crippen molar-refractivity contribution < 1.29 is 9.50 Å². The molecule has 0 amide bonds. The van der Waals surface area contributed by atoms with Gasteiger partial charge in [-0.1, -0.05) is 23.7 Å². The van der Waals surface area contributed by atoms with Crippen LogP contribution < -0.4 is 0 Å². The fourth-order valence-corrected chi connectivity index (χ4v) is 1.89. The second-order valence-corrected chi connectivity index (χ2v) is 4.11. The largest absolute Gasteiger partial charge is 0.388 e. The third-order valence-corrected chi connectivity index (χ3v) is 2.78. The van der Waals surface area contributed by atoms with Gasteiger partial charge in [0.2, 0.25) is 0 Å². The molecule has 1 atom stereocenters. The van der Waals surface area contributed by atoms with Crippen molar-refractivity contribution in [1.29, 1.82) is 0 Å². The Kier molecular flexibility index (Phi) is 3.71. The summed E-state index contributed by atoms with van der Waals surface area (Å²) in [7, 11) is 0. The summed E-state index contributed by atoms with van der Waals surface area (Å²) in [6.07, 6.45) is 1.23. The molecule has 2 aromatic rings. The minimum Gasteiger partial charge on any atom is -0.388 e. The molecule has 4 heteroatoms. The van der Waals surface area contributed by atoms with Gasteiger partial charge in [-0.05, 0) is 29.8 Å². The molecule has 0 aliphatic heterocycles. The van der Waals surface area contributed by atoms with E-state index in [0.29, 0.717) is 12.0 Å². The Balaban J connectivity index is 2.17. The van der Waals surface area contributed by atoms with Gasteiger partial charge in [-0.15, -0.1) is 0 Å². The van der Waals surface area contributed by atoms with Crippen molar-refractivity contribution in [2.75, 3.05) is 0 Å². The monoisotopic (exact) mass is 251 g/mol. The number of halogens is 2. The van der Waals surface area contributed by atoms with Gasteiger partial charge in [-0.3, -0.25) is 4.98 Å². The van der Waals surface area contributed by atoms with Crippen LogP contribution in [0.15, 0.2) is 42.6 Å². The molecule has 1 unspecified atom stereocenters. The van der Waals surface area contributed by atoms with Crippen molar-refractivity contribution in [3.63, 3.8) is 0 Å². The van der Waals surface area contributed by atoms with Crippen LogP contribution in [0.1, 0.15) is 17.4 Å². The Bertz CT molecular complexity index is 504. The van der Waals surface area contributed by atoms with Crippen LogP contribution in [0.2, 0.25) is 5.02 Å². The molecule has 1 aromatic carbocycles.